The summed E-state index contributed by atoms with van der Waals surface area (Å²) < 4.78 is 6.55. The van der Waals surface area contributed by atoms with Gasteiger partial charge in [-0.1, -0.05) is 60.7 Å². The Morgan fingerprint density at radius 1 is 0.543 bits per heavy atom. The Balaban J connectivity index is 1.66. The molecule has 0 aromatic heterocycles. The average Bonchev–Trinajstić information content (AvgIpc) is 2.87. The highest BCUT2D eigenvalue weighted by Gasteiger charge is 2.34. The van der Waals surface area contributed by atoms with Crippen LogP contribution in [-0.2, 0) is 0 Å². The van der Waals surface area contributed by atoms with E-state index < -0.39 is 5.92 Å². The minimum atomic E-state index is -0.394. The molecule has 0 spiro atoms. The van der Waals surface area contributed by atoms with E-state index in [1.807, 2.05) is 54.6 Å². The molecule has 4 nitrogen and oxygen atoms in total. The topological polar surface area (TPSA) is 69.9 Å². The van der Waals surface area contributed by atoms with Crippen molar-refractivity contribution in [1.29, 1.82) is 0 Å². The Morgan fingerprint density at radius 2 is 1.14 bits per heavy atom. The molecule has 0 radical (unpaired) electrons. The van der Waals surface area contributed by atoms with Crippen molar-refractivity contribution < 1.29 is 20.1 Å². The quantitative estimate of drug-likeness (QED) is 0.239. The zero-order valence-electron chi connectivity index (χ0n) is 18.6. The lowest BCUT2D eigenvalue weighted by Gasteiger charge is -2.32. The van der Waals surface area contributed by atoms with Gasteiger partial charge >= 0.3 is 0 Å². The molecule has 0 saturated heterocycles. The number of fused-ring (bicyclic) bond motifs is 7. The molecule has 1 aliphatic rings. The maximum absolute atomic E-state index is 11.3. The van der Waals surface area contributed by atoms with E-state index in [1.54, 1.807) is 30.3 Å². The summed E-state index contributed by atoms with van der Waals surface area (Å²) in [4.78, 5) is 0. The lowest BCUT2D eigenvalue weighted by atomic mass is 9.77. The van der Waals surface area contributed by atoms with Crippen LogP contribution in [0.25, 0.3) is 32.3 Å². The van der Waals surface area contributed by atoms with Crippen LogP contribution in [0.1, 0.15) is 22.6 Å². The molecule has 4 heteroatoms. The maximum Gasteiger partial charge on any atom is 0.139 e. The zero-order valence-corrected chi connectivity index (χ0v) is 18.6. The molecule has 0 amide bonds. The van der Waals surface area contributed by atoms with E-state index in [9.17, 15) is 15.3 Å². The molecule has 0 aliphatic carbocycles. The first-order valence-corrected chi connectivity index (χ1v) is 11.5. The summed E-state index contributed by atoms with van der Waals surface area (Å²) in [6, 6.07) is 30.2. The van der Waals surface area contributed by atoms with E-state index in [0.29, 0.717) is 11.3 Å². The highest BCUT2D eigenvalue weighted by molar-refractivity contribution is 5.98. The van der Waals surface area contributed by atoms with E-state index in [4.69, 9.17) is 4.74 Å². The van der Waals surface area contributed by atoms with Crippen molar-refractivity contribution in [2.75, 3.05) is 0 Å². The van der Waals surface area contributed by atoms with Crippen molar-refractivity contribution in [1.82, 2.24) is 0 Å². The molecule has 1 aliphatic heterocycles. The minimum Gasteiger partial charge on any atom is -0.508 e. The molecule has 35 heavy (non-hydrogen) atoms. The smallest absolute Gasteiger partial charge is 0.139 e. The summed E-state index contributed by atoms with van der Waals surface area (Å²) in [6.45, 7) is 0. The van der Waals surface area contributed by atoms with Crippen LogP contribution in [0.3, 0.4) is 0 Å². The van der Waals surface area contributed by atoms with E-state index >= 15 is 0 Å². The van der Waals surface area contributed by atoms with Gasteiger partial charge in [0.05, 0.1) is 0 Å². The molecule has 1 atom stereocenters. The van der Waals surface area contributed by atoms with Crippen molar-refractivity contribution in [2.24, 2.45) is 0 Å². The minimum absolute atomic E-state index is 0.130. The number of phenols is 3. The number of rotatable bonds is 1. The van der Waals surface area contributed by atoms with Crippen LogP contribution in [0, 0.1) is 0 Å². The fourth-order valence-corrected chi connectivity index (χ4v) is 5.49. The summed E-state index contributed by atoms with van der Waals surface area (Å²) in [6.07, 6.45) is 0. The van der Waals surface area contributed by atoms with Crippen molar-refractivity contribution in [3.63, 3.8) is 0 Å². The van der Waals surface area contributed by atoms with E-state index in [1.165, 1.54) is 0 Å². The van der Waals surface area contributed by atoms with Gasteiger partial charge in [0.25, 0.3) is 0 Å². The number of phenolic OH excluding ortho intramolecular Hbond substituents is 3. The van der Waals surface area contributed by atoms with Gasteiger partial charge in [0, 0.05) is 28.0 Å². The van der Waals surface area contributed by atoms with Gasteiger partial charge in [-0.15, -0.1) is 0 Å². The van der Waals surface area contributed by atoms with Gasteiger partial charge in [-0.25, -0.2) is 0 Å². The fraction of sp³-hybridized carbons (Fsp3) is 0.0323. The predicted octanol–water partition coefficient (Wildman–Crippen LogP) is 7.55. The van der Waals surface area contributed by atoms with Gasteiger partial charge in [0.15, 0.2) is 0 Å². The van der Waals surface area contributed by atoms with Gasteiger partial charge in [-0.2, -0.15) is 0 Å². The first-order valence-electron chi connectivity index (χ1n) is 11.5. The molecular formula is C31H20O4. The van der Waals surface area contributed by atoms with Gasteiger partial charge in [0.2, 0.25) is 0 Å². The molecule has 7 rings (SSSR count). The van der Waals surface area contributed by atoms with Crippen molar-refractivity contribution in [3.8, 4) is 28.7 Å². The Kier molecular flexibility index (Phi) is 4.03. The van der Waals surface area contributed by atoms with Gasteiger partial charge < -0.3 is 20.1 Å². The van der Waals surface area contributed by atoms with E-state index in [2.05, 4.69) is 12.1 Å². The first kappa shape index (κ1) is 19.7. The Morgan fingerprint density at radius 3 is 1.91 bits per heavy atom. The van der Waals surface area contributed by atoms with Crippen LogP contribution < -0.4 is 4.74 Å². The van der Waals surface area contributed by atoms with Gasteiger partial charge in [0.1, 0.15) is 28.7 Å². The predicted molar refractivity (Wildman–Crippen MR) is 138 cm³/mol. The van der Waals surface area contributed by atoms with Crippen LogP contribution in [-0.4, -0.2) is 15.3 Å². The van der Waals surface area contributed by atoms with E-state index in [-0.39, 0.29) is 17.2 Å². The summed E-state index contributed by atoms with van der Waals surface area (Å²) >= 11 is 0. The normalized spacial score (nSPS) is 14.6. The zero-order chi connectivity index (χ0) is 23.7. The van der Waals surface area contributed by atoms with Crippen LogP contribution in [0.4, 0.5) is 0 Å². The SMILES string of the molecule is Oc1ccc2ccc(O)c(C3c4ccc5ccccc5c4Oc4ccc5ccc(O)cc5c43)c2c1. The number of ether oxygens (including phenoxy) is 1. The molecule has 1 heterocycles. The Labute approximate surface area is 200 Å². The maximum atomic E-state index is 11.3. The third-order valence-electron chi connectivity index (χ3n) is 7.04. The molecule has 168 valence electrons. The highest BCUT2D eigenvalue weighted by atomic mass is 16.5. The molecule has 0 saturated carbocycles. The summed E-state index contributed by atoms with van der Waals surface area (Å²) in [7, 11) is 0. The number of aromatic hydroxyl groups is 3. The average molecular weight is 456 g/mol. The largest absolute Gasteiger partial charge is 0.508 e. The second kappa shape index (κ2) is 7.15. The monoisotopic (exact) mass is 456 g/mol. The third-order valence-corrected chi connectivity index (χ3v) is 7.04. The number of hydrogen-bond acceptors (Lipinski definition) is 4. The summed E-state index contributed by atoms with van der Waals surface area (Å²) in [5.74, 6) is 1.46. The fourth-order valence-electron chi connectivity index (χ4n) is 5.49. The number of benzene rings is 6. The molecule has 3 N–H and O–H groups in total. The van der Waals surface area contributed by atoms with Crippen LogP contribution in [0.15, 0.2) is 97.1 Å². The van der Waals surface area contributed by atoms with Gasteiger partial charge in [-0.05, 0) is 63.3 Å². The first-order chi connectivity index (χ1) is 17.1. The summed E-state index contributed by atoms with van der Waals surface area (Å²) in [5, 5.41) is 37.5. The lowest BCUT2D eigenvalue weighted by Crippen LogP contribution is -2.13. The standard InChI is InChI=1S/C31H20O4/c32-20-10-5-18-8-13-26(34)28(24(18)15-20)30-23-12-7-17-3-1-2-4-22(17)31(23)35-27-14-9-19-6-11-21(33)16-25(19)29(27)30/h1-16,30,32-34H. The van der Waals surface area contributed by atoms with Crippen molar-refractivity contribution >= 4 is 32.3 Å². The highest BCUT2D eigenvalue weighted by Crippen LogP contribution is 2.55. The van der Waals surface area contributed by atoms with E-state index in [0.717, 1.165) is 49.2 Å². The van der Waals surface area contributed by atoms with Crippen molar-refractivity contribution in [3.05, 3.63) is 114 Å². The molecule has 1 unspecified atom stereocenters. The molecule has 6 aromatic rings. The van der Waals surface area contributed by atoms with Crippen LogP contribution in [0.2, 0.25) is 0 Å². The van der Waals surface area contributed by atoms with Crippen LogP contribution in [0.5, 0.6) is 28.7 Å². The Hall–Kier alpha value is -4.70. The molecule has 0 fully saturated rings. The van der Waals surface area contributed by atoms with Gasteiger partial charge in [-0.3, -0.25) is 0 Å². The molecule has 0 bridgehead atoms. The number of hydrogen-bond donors (Lipinski definition) is 3. The lowest BCUT2D eigenvalue weighted by molar-refractivity contribution is 0.449. The third kappa shape index (κ3) is 2.87. The summed E-state index contributed by atoms with van der Waals surface area (Å²) in [5.41, 5.74) is 2.47. The Bertz CT molecular complexity index is 1760. The van der Waals surface area contributed by atoms with Crippen molar-refractivity contribution in [2.45, 2.75) is 5.92 Å². The second-order valence-electron chi connectivity index (χ2n) is 9.03. The van der Waals surface area contributed by atoms with Crippen LogP contribution >= 0.6 is 0 Å². The second-order valence-corrected chi connectivity index (χ2v) is 9.03. The molecule has 6 aromatic carbocycles. The molecular weight excluding hydrogens is 436 g/mol.